The molecule has 0 radical (unpaired) electrons. The Balaban J connectivity index is 1.56. The number of alkyl halides is 2. The van der Waals surface area contributed by atoms with Crippen LogP contribution in [0.4, 0.5) is 8.78 Å². The number of hydrazone groups is 1. The molecule has 0 aliphatic heterocycles. The molecule has 7 heteroatoms. The predicted octanol–water partition coefficient (Wildman–Crippen LogP) is 5.08. The standard InChI is InChI=1S/C21H20F2N2O3/c1-13(7-8-15-9-11-16(12-10-15)27-21(22)23)24-25-20(26)19-14(2)17-5-3-4-6-18(17)28-19/h3-6,9-12,21H,7-8H2,1-2H3,(H,25,26)/b24-13-. The number of hydrogen-bond donors (Lipinski definition) is 1. The minimum atomic E-state index is -2.83. The number of fused-ring (bicyclic) bond motifs is 1. The van der Waals surface area contributed by atoms with Crippen LogP contribution in [0.3, 0.4) is 0 Å². The lowest BCUT2D eigenvalue weighted by Crippen LogP contribution is -2.19. The summed E-state index contributed by atoms with van der Waals surface area (Å²) in [6.45, 7) is 0.804. The summed E-state index contributed by atoms with van der Waals surface area (Å²) < 4.78 is 34.2. The van der Waals surface area contributed by atoms with Crippen molar-refractivity contribution in [2.75, 3.05) is 0 Å². The van der Waals surface area contributed by atoms with Crippen LogP contribution in [0.1, 0.15) is 35.0 Å². The van der Waals surface area contributed by atoms with Crippen molar-refractivity contribution in [3.63, 3.8) is 0 Å². The first-order valence-electron chi connectivity index (χ1n) is 8.79. The van der Waals surface area contributed by atoms with Gasteiger partial charge >= 0.3 is 12.5 Å². The lowest BCUT2D eigenvalue weighted by Gasteiger charge is -2.06. The van der Waals surface area contributed by atoms with Gasteiger partial charge in [-0.2, -0.15) is 13.9 Å². The molecule has 5 nitrogen and oxygen atoms in total. The number of halogens is 2. The van der Waals surface area contributed by atoms with Gasteiger partial charge in [0.25, 0.3) is 0 Å². The topological polar surface area (TPSA) is 63.8 Å². The Labute approximate surface area is 161 Å². The summed E-state index contributed by atoms with van der Waals surface area (Å²) in [5, 5.41) is 5.01. The smallest absolute Gasteiger partial charge is 0.387 e. The molecule has 1 N–H and O–H groups in total. The number of ether oxygens (including phenoxy) is 1. The van der Waals surface area contributed by atoms with Crippen LogP contribution in [0.15, 0.2) is 58.0 Å². The maximum atomic E-state index is 12.4. The van der Waals surface area contributed by atoms with Crippen molar-refractivity contribution in [3.05, 3.63) is 65.4 Å². The lowest BCUT2D eigenvalue weighted by molar-refractivity contribution is -0.0498. The quantitative estimate of drug-likeness (QED) is 0.455. The second kappa shape index (κ2) is 8.65. The zero-order chi connectivity index (χ0) is 20.1. The molecule has 3 aromatic rings. The summed E-state index contributed by atoms with van der Waals surface area (Å²) in [4.78, 5) is 12.4. The molecule has 0 aliphatic rings. The number of nitrogens with zero attached hydrogens (tertiary/aromatic N) is 1. The third-order valence-corrected chi connectivity index (χ3v) is 4.32. The van der Waals surface area contributed by atoms with E-state index in [-0.39, 0.29) is 11.5 Å². The summed E-state index contributed by atoms with van der Waals surface area (Å²) in [5.74, 6) is -0.0356. The number of para-hydroxylation sites is 1. The van der Waals surface area contributed by atoms with E-state index in [2.05, 4.69) is 15.3 Å². The van der Waals surface area contributed by atoms with Gasteiger partial charge in [-0.1, -0.05) is 30.3 Å². The molecule has 1 aromatic heterocycles. The minimum Gasteiger partial charge on any atom is -0.451 e. The van der Waals surface area contributed by atoms with Crippen molar-refractivity contribution in [2.45, 2.75) is 33.3 Å². The van der Waals surface area contributed by atoms with Gasteiger partial charge in [0.15, 0.2) is 5.76 Å². The molecule has 0 unspecified atom stereocenters. The SMILES string of the molecule is C/C(CCc1ccc(OC(F)F)cc1)=N/NC(=O)c1oc2ccccc2c1C. The van der Waals surface area contributed by atoms with E-state index in [0.29, 0.717) is 18.4 Å². The van der Waals surface area contributed by atoms with Gasteiger partial charge < -0.3 is 9.15 Å². The molecule has 0 saturated heterocycles. The molecular formula is C21H20F2N2O3. The highest BCUT2D eigenvalue weighted by Gasteiger charge is 2.16. The van der Waals surface area contributed by atoms with Crippen molar-refractivity contribution >= 4 is 22.6 Å². The average Bonchev–Trinajstić information content (AvgIpc) is 3.02. The van der Waals surface area contributed by atoms with Crippen molar-refractivity contribution in [1.82, 2.24) is 5.43 Å². The molecule has 3 rings (SSSR count). The van der Waals surface area contributed by atoms with Crippen molar-refractivity contribution in [1.29, 1.82) is 0 Å². The van der Waals surface area contributed by atoms with Crippen LogP contribution in [0.2, 0.25) is 0 Å². The minimum absolute atomic E-state index is 0.123. The number of furan rings is 1. The number of nitrogens with one attached hydrogen (secondary N) is 1. The van der Waals surface area contributed by atoms with Crippen molar-refractivity contribution < 1.29 is 22.7 Å². The molecule has 2 aromatic carbocycles. The van der Waals surface area contributed by atoms with E-state index in [0.717, 1.165) is 22.2 Å². The Morgan fingerprint density at radius 1 is 1.18 bits per heavy atom. The van der Waals surface area contributed by atoms with E-state index in [1.807, 2.05) is 31.2 Å². The zero-order valence-corrected chi connectivity index (χ0v) is 15.5. The van der Waals surface area contributed by atoms with E-state index in [4.69, 9.17) is 4.42 Å². The number of hydrogen-bond acceptors (Lipinski definition) is 4. The van der Waals surface area contributed by atoms with Gasteiger partial charge in [-0.05, 0) is 50.5 Å². The molecule has 0 spiro atoms. The molecule has 1 heterocycles. The van der Waals surface area contributed by atoms with Crippen LogP contribution in [0, 0.1) is 6.92 Å². The van der Waals surface area contributed by atoms with E-state index in [9.17, 15) is 13.6 Å². The predicted molar refractivity (Wildman–Crippen MR) is 103 cm³/mol. The highest BCUT2D eigenvalue weighted by Crippen LogP contribution is 2.24. The van der Waals surface area contributed by atoms with E-state index in [1.165, 1.54) is 12.1 Å². The molecule has 0 aliphatic carbocycles. The van der Waals surface area contributed by atoms with Crippen LogP contribution >= 0.6 is 0 Å². The van der Waals surface area contributed by atoms with Crippen LogP contribution in [-0.4, -0.2) is 18.2 Å². The van der Waals surface area contributed by atoms with Crippen LogP contribution in [-0.2, 0) is 6.42 Å². The van der Waals surface area contributed by atoms with Crippen LogP contribution < -0.4 is 10.2 Å². The summed E-state index contributed by atoms with van der Waals surface area (Å²) in [7, 11) is 0. The molecule has 1 amide bonds. The van der Waals surface area contributed by atoms with Crippen LogP contribution in [0.5, 0.6) is 5.75 Å². The fourth-order valence-electron chi connectivity index (χ4n) is 2.81. The second-order valence-electron chi connectivity index (χ2n) is 6.36. The Hall–Kier alpha value is -3.22. The number of aryl methyl sites for hydroxylation is 2. The average molecular weight is 386 g/mol. The number of benzene rings is 2. The Bertz CT molecular complexity index is 995. The molecule has 0 bridgehead atoms. The molecular weight excluding hydrogens is 366 g/mol. The van der Waals surface area contributed by atoms with Gasteiger partial charge in [0.2, 0.25) is 0 Å². The molecule has 146 valence electrons. The Morgan fingerprint density at radius 3 is 2.57 bits per heavy atom. The molecule has 28 heavy (non-hydrogen) atoms. The van der Waals surface area contributed by atoms with Gasteiger partial charge in [-0.25, -0.2) is 5.43 Å². The van der Waals surface area contributed by atoms with Crippen molar-refractivity contribution in [2.24, 2.45) is 5.10 Å². The lowest BCUT2D eigenvalue weighted by atomic mass is 10.1. The fraction of sp³-hybridized carbons (Fsp3) is 0.238. The van der Waals surface area contributed by atoms with E-state index >= 15 is 0 Å². The number of carbonyl (C=O) groups is 1. The molecule has 0 saturated carbocycles. The third-order valence-electron chi connectivity index (χ3n) is 4.32. The largest absolute Gasteiger partial charge is 0.451 e. The van der Waals surface area contributed by atoms with Gasteiger partial charge in [0, 0.05) is 16.7 Å². The summed E-state index contributed by atoms with van der Waals surface area (Å²) in [5.41, 5.74) is 5.63. The van der Waals surface area contributed by atoms with E-state index < -0.39 is 12.5 Å². The van der Waals surface area contributed by atoms with Gasteiger partial charge in [0.05, 0.1) is 0 Å². The van der Waals surface area contributed by atoms with Gasteiger partial charge in [0.1, 0.15) is 11.3 Å². The summed E-state index contributed by atoms with van der Waals surface area (Å²) in [6, 6.07) is 13.9. The normalized spacial score (nSPS) is 11.8. The number of amides is 1. The first-order valence-corrected chi connectivity index (χ1v) is 8.79. The fourth-order valence-corrected chi connectivity index (χ4v) is 2.81. The molecule has 0 fully saturated rings. The Kier molecular flexibility index (Phi) is 6.03. The number of rotatable bonds is 7. The number of carbonyl (C=O) groups excluding carboxylic acids is 1. The second-order valence-corrected chi connectivity index (χ2v) is 6.36. The highest BCUT2D eigenvalue weighted by molar-refractivity contribution is 5.99. The first-order chi connectivity index (χ1) is 13.4. The van der Waals surface area contributed by atoms with Gasteiger partial charge in [-0.15, -0.1) is 0 Å². The van der Waals surface area contributed by atoms with E-state index in [1.54, 1.807) is 19.1 Å². The maximum absolute atomic E-state index is 12.4. The van der Waals surface area contributed by atoms with Crippen molar-refractivity contribution in [3.8, 4) is 5.75 Å². The Morgan fingerprint density at radius 2 is 1.89 bits per heavy atom. The molecule has 0 atom stereocenters. The monoisotopic (exact) mass is 386 g/mol. The third kappa shape index (κ3) is 4.73. The first kappa shape index (κ1) is 19.5. The summed E-state index contributed by atoms with van der Waals surface area (Å²) in [6.07, 6.45) is 1.26. The zero-order valence-electron chi connectivity index (χ0n) is 15.5. The van der Waals surface area contributed by atoms with Gasteiger partial charge in [-0.3, -0.25) is 4.79 Å². The van der Waals surface area contributed by atoms with Crippen LogP contribution in [0.25, 0.3) is 11.0 Å². The maximum Gasteiger partial charge on any atom is 0.387 e. The summed E-state index contributed by atoms with van der Waals surface area (Å²) >= 11 is 0. The highest BCUT2D eigenvalue weighted by atomic mass is 19.3.